The van der Waals surface area contributed by atoms with Crippen LogP contribution in [0.2, 0.25) is 0 Å². The standard InChI is InChI=1S/C21H22S/c1-4-5-6-8-15(2)17-9-7-10-19-18-11-12-21(3,22)14-16(18)13-20(17)19/h4-12,22H,2,13-14H2,1,3H3/b5-4-,8-6-. The summed E-state index contributed by atoms with van der Waals surface area (Å²) in [5.41, 5.74) is 8.03. The quantitative estimate of drug-likeness (QED) is 0.530. The van der Waals surface area contributed by atoms with Crippen molar-refractivity contribution in [2.75, 3.05) is 0 Å². The van der Waals surface area contributed by atoms with E-state index in [-0.39, 0.29) is 4.75 Å². The predicted octanol–water partition coefficient (Wildman–Crippen LogP) is 5.79. The molecule has 1 atom stereocenters. The van der Waals surface area contributed by atoms with Crippen molar-refractivity contribution in [2.24, 2.45) is 0 Å². The maximum atomic E-state index is 4.74. The Morgan fingerprint density at radius 3 is 2.91 bits per heavy atom. The summed E-state index contributed by atoms with van der Waals surface area (Å²) in [6, 6.07) is 6.56. The topological polar surface area (TPSA) is 0 Å². The number of benzene rings is 1. The third kappa shape index (κ3) is 2.78. The first-order chi connectivity index (χ1) is 10.5. The van der Waals surface area contributed by atoms with Crippen LogP contribution in [0.1, 0.15) is 37.0 Å². The van der Waals surface area contributed by atoms with Crippen LogP contribution in [0.15, 0.2) is 66.8 Å². The van der Waals surface area contributed by atoms with Gasteiger partial charge in [-0.2, -0.15) is 12.6 Å². The molecule has 3 rings (SSSR count). The lowest BCUT2D eigenvalue weighted by Gasteiger charge is -2.24. The number of allylic oxidation sites excluding steroid dienone is 8. The number of hydrogen-bond acceptors (Lipinski definition) is 1. The van der Waals surface area contributed by atoms with E-state index in [2.05, 4.69) is 56.0 Å². The lowest BCUT2D eigenvalue weighted by atomic mass is 9.90. The molecule has 2 aliphatic rings. The largest absolute Gasteiger partial charge is 0.168 e. The van der Waals surface area contributed by atoms with Crippen molar-refractivity contribution in [3.8, 4) is 0 Å². The van der Waals surface area contributed by atoms with Gasteiger partial charge in [0.2, 0.25) is 0 Å². The van der Waals surface area contributed by atoms with Gasteiger partial charge in [0.1, 0.15) is 0 Å². The van der Waals surface area contributed by atoms with Crippen LogP contribution >= 0.6 is 12.6 Å². The Hall–Kier alpha value is -1.73. The van der Waals surface area contributed by atoms with E-state index in [0.29, 0.717) is 0 Å². The zero-order valence-electron chi connectivity index (χ0n) is 13.3. The number of rotatable bonds is 3. The van der Waals surface area contributed by atoms with Crippen LogP contribution < -0.4 is 0 Å². The number of fused-ring (bicyclic) bond motifs is 2. The first-order valence-corrected chi connectivity index (χ1v) is 8.21. The molecular weight excluding hydrogens is 284 g/mol. The van der Waals surface area contributed by atoms with Gasteiger partial charge in [0.25, 0.3) is 0 Å². The first kappa shape index (κ1) is 15.2. The Kier molecular flexibility index (Phi) is 4.01. The van der Waals surface area contributed by atoms with Crippen LogP contribution in [0, 0.1) is 0 Å². The molecule has 22 heavy (non-hydrogen) atoms. The fraction of sp³-hybridized carbons (Fsp3) is 0.238. The molecule has 2 aliphatic carbocycles. The van der Waals surface area contributed by atoms with Crippen molar-refractivity contribution in [3.63, 3.8) is 0 Å². The van der Waals surface area contributed by atoms with Gasteiger partial charge in [0, 0.05) is 4.75 Å². The van der Waals surface area contributed by atoms with Gasteiger partial charge in [-0.05, 0) is 54.5 Å². The Morgan fingerprint density at radius 2 is 2.14 bits per heavy atom. The molecule has 0 aromatic heterocycles. The lowest BCUT2D eigenvalue weighted by Crippen LogP contribution is -2.16. The van der Waals surface area contributed by atoms with Gasteiger partial charge in [0.05, 0.1) is 0 Å². The third-order valence-corrected chi connectivity index (χ3v) is 4.67. The zero-order chi connectivity index (χ0) is 15.7. The molecule has 1 aromatic carbocycles. The summed E-state index contributed by atoms with van der Waals surface area (Å²) in [5.74, 6) is 0. The van der Waals surface area contributed by atoms with E-state index in [1.807, 2.05) is 19.1 Å². The van der Waals surface area contributed by atoms with Gasteiger partial charge >= 0.3 is 0 Å². The second-order valence-electron chi connectivity index (χ2n) is 6.30. The summed E-state index contributed by atoms with van der Waals surface area (Å²) >= 11 is 4.74. The fourth-order valence-electron chi connectivity index (χ4n) is 3.32. The molecule has 0 heterocycles. The van der Waals surface area contributed by atoms with E-state index < -0.39 is 0 Å². The summed E-state index contributed by atoms with van der Waals surface area (Å²) in [4.78, 5) is 0. The predicted molar refractivity (Wildman–Crippen MR) is 101 cm³/mol. The summed E-state index contributed by atoms with van der Waals surface area (Å²) in [6.45, 7) is 8.45. The molecule has 0 spiro atoms. The maximum absolute atomic E-state index is 4.74. The second kappa shape index (κ2) is 5.81. The smallest absolute Gasteiger partial charge is 0.0321 e. The molecule has 0 aliphatic heterocycles. The Morgan fingerprint density at radius 1 is 1.32 bits per heavy atom. The van der Waals surface area contributed by atoms with Crippen molar-refractivity contribution in [1.82, 2.24) is 0 Å². The van der Waals surface area contributed by atoms with Crippen molar-refractivity contribution < 1.29 is 0 Å². The van der Waals surface area contributed by atoms with Crippen LogP contribution in [-0.2, 0) is 6.42 Å². The van der Waals surface area contributed by atoms with Gasteiger partial charge < -0.3 is 0 Å². The minimum Gasteiger partial charge on any atom is -0.168 e. The first-order valence-electron chi connectivity index (χ1n) is 7.76. The van der Waals surface area contributed by atoms with Gasteiger partial charge in [-0.15, -0.1) is 0 Å². The highest BCUT2D eigenvalue weighted by Gasteiger charge is 2.30. The van der Waals surface area contributed by atoms with Crippen LogP contribution in [0.5, 0.6) is 0 Å². The van der Waals surface area contributed by atoms with E-state index >= 15 is 0 Å². The molecule has 0 radical (unpaired) electrons. The number of hydrogen-bond donors (Lipinski definition) is 1. The molecule has 1 heteroatoms. The molecular formula is C21H22S. The molecule has 0 nitrogen and oxygen atoms in total. The van der Waals surface area contributed by atoms with E-state index in [1.165, 1.54) is 27.8 Å². The molecule has 0 saturated heterocycles. The molecule has 0 saturated carbocycles. The van der Waals surface area contributed by atoms with E-state index in [0.717, 1.165) is 18.4 Å². The molecule has 0 bridgehead atoms. The van der Waals surface area contributed by atoms with E-state index in [9.17, 15) is 0 Å². The van der Waals surface area contributed by atoms with Crippen molar-refractivity contribution in [3.05, 3.63) is 83.5 Å². The minimum absolute atomic E-state index is 0.0239. The van der Waals surface area contributed by atoms with Crippen LogP contribution in [-0.4, -0.2) is 4.75 Å². The van der Waals surface area contributed by atoms with Gasteiger partial charge in [-0.25, -0.2) is 0 Å². The van der Waals surface area contributed by atoms with E-state index in [1.54, 1.807) is 0 Å². The highest BCUT2D eigenvalue weighted by atomic mass is 32.1. The van der Waals surface area contributed by atoms with Crippen molar-refractivity contribution in [1.29, 1.82) is 0 Å². The monoisotopic (exact) mass is 306 g/mol. The lowest BCUT2D eigenvalue weighted by molar-refractivity contribution is 0.763. The third-order valence-electron chi connectivity index (χ3n) is 4.36. The summed E-state index contributed by atoms with van der Waals surface area (Å²) in [6.07, 6.45) is 14.7. The molecule has 0 N–H and O–H groups in total. The molecule has 1 unspecified atom stereocenters. The van der Waals surface area contributed by atoms with E-state index in [4.69, 9.17) is 12.6 Å². The van der Waals surface area contributed by atoms with Gasteiger partial charge in [-0.3, -0.25) is 0 Å². The van der Waals surface area contributed by atoms with Crippen LogP contribution in [0.4, 0.5) is 0 Å². The van der Waals surface area contributed by atoms with Crippen LogP contribution in [0.25, 0.3) is 11.1 Å². The molecule has 0 fully saturated rings. The van der Waals surface area contributed by atoms with Gasteiger partial charge in [0.15, 0.2) is 0 Å². The highest BCUT2D eigenvalue weighted by molar-refractivity contribution is 7.82. The highest BCUT2D eigenvalue weighted by Crippen LogP contribution is 2.44. The average molecular weight is 306 g/mol. The fourth-order valence-corrected chi connectivity index (χ4v) is 3.59. The SMILES string of the molecule is C=C(/C=C\C=C/C)c1cccc2c1CC1=C2C=CC(C)(S)C1. The van der Waals surface area contributed by atoms with Crippen molar-refractivity contribution >= 4 is 23.8 Å². The molecule has 1 aromatic rings. The maximum Gasteiger partial charge on any atom is 0.0321 e. The van der Waals surface area contributed by atoms with Crippen molar-refractivity contribution in [2.45, 2.75) is 31.4 Å². The normalized spacial score (nSPS) is 23.4. The Balaban J connectivity index is 1.96. The Bertz CT molecular complexity index is 739. The van der Waals surface area contributed by atoms with Crippen LogP contribution in [0.3, 0.4) is 0 Å². The zero-order valence-corrected chi connectivity index (χ0v) is 14.2. The minimum atomic E-state index is -0.0239. The summed E-state index contributed by atoms with van der Waals surface area (Å²) in [7, 11) is 0. The van der Waals surface area contributed by atoms with Gasteiger partial charge in [-0.1, -0.05) is 66.8 Å². The summed E-state index contributed by atoms with van der Waals surface area (Å²) in [5, 5.41) is 0. The second-order valence-corrected chi connectivity index (χ2v) is 7.32. The molecule has 0 amide bonds. The summed E-state index contributed by atoms with van der Waals surface area (Å²) < 4.78 is -0.0239. The molecule has 112 valence electrons. The number of thiol groups is 1. The Labute approximate surface area is 139 Å². The average Bonchev–Trinajstić information content (AvgIpc) is 2.83.